The lowest BCUT2D eigenvalue weighted by atomic mass is 9.96. The zero-order chi connectivity index (χ0) is 13.7. The highest BCUT2D eigenvalue weighted by molar-refractivity contribution is 14.0. The molecule has 3 N–H and O–H groups in total. The summed E-state index contributed by atoms with van der Waals surface area (Å²) >= 11 is 3.13. The Hall–Kier alpha value is -0.370. The molecule has 0 unspecified atom stereocenters. The third kappa shape index (κ3) is 5.55. The molecular formula is C14H20BrFIN3. The molecule has 0 atom stereocenters. The molecule has 3 nitrogen and oxygen atoms in total. The molecule has 1 saturated carbocycles. The topological polar surface area (TPSA) is 50.4 Å². The molecule has 112 valence electrons. The third-order valence-corrected chi connectivity index (χ3v) is 4.02. The van der Waals surface area contributed by atoms with Gasteiger partial charge in [-0.05, 0) is 46.5 Å². The van der Waals surface area contributed by atoms with Crippen LogP contribution in [-0.2, 0) is 6.54 Å². The summed E-state index contributed by atoms with van der Waals surface area (Å²) < 4.78 is 13.8. The highest BCUT2D eigenvalue weighted by Crippen LogP contribution is 2.18. The first-order valence-electron chi connectivity index (χ1n) is 6.65. The Morgan fingerprint density at radius 1 is 1.35 bits per heavy atom. The van der Waals surface area contributed by atoms with Crippen molar-refractivity contribution in [2.24, 2.45) is 10.7 Å². The average Bonchev–Trinajstić information content (AvgIpc) is 2.41. The lowest BCUT2D eigenvalue weighted by Crippen LogP contribution is -2.41. The molecule has 1 aliphatic rings. The first-order chi connectivity index (χ1) is 9.15. The zero-order valence-electron chi connectivity index (χ0n) is 11.2. The molecule has 1 aromatic rings. The SMILES string of the molecule is I.NC(=NCc1ccc(Br)c(F)c1)NC1CCCCC1. The predicted octanol–water partition coefficient (Wildman–Crippen LogP) is 3.94. The maximum absolute atomic E-state index is 13.3. The molecule has 0 radical (unpaired) electrons. The number of rotatable bonds is 3. The highest BCUT2D eigenvalue weighted by atomic mass is 127. The van der Waals surface area contributed by atoms with E-state index in [4.69, 9.17) is 5.73 Å². The average molecular weight is 456 g/mol. The van der Waals surface area contributed by atoms with Crippen LogP contribution in [0, 0.1) is 5.82 Å². The van der Waals surface area contributed by atoms with Gasteiger partial charge in [0, 0.05) is 6.04 Å². The van der Waals surface area contributed by atoms with E-state index >= 15 is 0 Å². The summed E-state index contributed by atoms with van der Waals surface area (Å²) in [4.78, 5) is 4.26. The van der Waals surface area contributed by atoms with Gasteiger partial charge in [0.15, 0.2) is 5.96 Å². The van der Waals surface area contributed by atoms with Gasteiger partial charge in [0.05, 0.1) is 11.0 Å². The Balaban J connectivity index is 0.00000200. The Bertz CT molecular complexity index is 462. The first-order valence-corrected chi connectivity index (χ1v) is 7.45. The van der Waals surface area contributed by atoms with Crippen LogP contribution in [0.25, 0.3) is 0 Å². The van der Waals surface area contributed by atoms with Crippen LogP contribution < -0.4 is 11.1 Å². The molecule has 0 spiro atoms. The number of hydrogen-bond acceptors (Lipinski definition) is 1. The number of hydrogen-bond donors (Lipinski definition) is 2. The van der Waals surface area contributed by atoms with Gasteiger partial charge in [-0.25, -0.2) is 9.38 Å². The molecule has 1 aliphatic carbocycles. The van der Waals surface area contributed by atoms with Crippen molar-refractivity contribution in [2.75, 3.05) is 0 Å². The molecule has 0 bridgehead atoms. The smallest absolute Gasteiger partial charge is 0.189 e. The number of nitrogens with zero attached hydrogens (tertiary/aromatic N) is 1. The van der Waals surface area contributed by atoms with Crippen LogP contribution in [0.1, 0.15) is 37.7 Å². The molecular weight excluding hydrogens is 436 g/mol. The van der Waals surface area contributed by atoms with Crippen molar-refractivity contribution in [3.8, 4) is 0 Å². The van der Waals surface area contributed by atoms with E-state index < -0.39 is 0 Å². The highest BCUT2D eigenvalue weighted by Gasteiger charge is 2.13. The van der Waals surface area contributed by atoms with Crippen LogP contribution in [0.5, 0.6) is 0 Å². The first kappa shape index (κ1) is 17.7. The van der Waals surface area contributed by atoms with E-state index in [1.807, 2.05) is 6.07 Å². The number of nitrogens with two attached hydrogens (primary N) is 1. The molecule has 0 heterocycles. The quantitative estimate of drug-likeness (QED) is 0.412. The Kier molecular flexibility index (Phi) is 7.79. The summed E-state index contributed by atoms with van der Waals surface area (Å²) in [5, 5.41) is 3.24. The zero-order valence-corrected chi connectivity index (χ0v) is 15.2. The van der Waals surface area contributed by atoms with Crippen LogP contribution in [0.2, 0.25) is 0 Å². The minimum absolute atomic E-state index is 0. The van der Waals surface area contributed by atoms with Crippen molar-refractivity contribution in [1.29, 1.82) is 0 Å². The van der Waals surface area contributed by atoms with Crippen molar-refractivity contribution in [3.63, 3.8) is 0 Å². The number of aliphatic imine (C=N–C) groups is 1. The minimum atomic E-state index is -0.272. The molecule has 2 rings (SSSR count). The summed E-state index contributed by atoms with van der Waals surface area (Å²) in [5.74, 6) is 0.182. The van der Waals surface area contributed by atoms with Gasteiger partial charge in [0.2, 0.25) is 0 Å². The molecule has 20 heavy (non-hydrogen) atoms. The van der Waals surface area contributed by atoms with E-state index in [0.29, 0.717) is 23.0 Å². The molecule has 6 heteroatoms. The predicted molar refractivity (Wildman–Crippen MR) is 94.9 cm³/mol. The summed E-state index contributed by atoms with van der Waals surface area (Å²) in [6.07, 6.45) is 6.13. The molecule has 0 saturated heterocycles. The summed E-state index contributed by atoms with van der Waals surface area (Å²) in [5.41, 5.74) is 6.67. The van der Waals surface area contributed by atoms with Crippen LogP contribution >= 0.6 is 39.9 Å². The molecule has 1 fully saturated rings. The maximum Gasteiger partial charge on any atom is 0.189 e. The summed E-state index contributed by atoms with van der Waals surface area (Å²) in [6.45, 7) is 0.399. The van der Waals surface area contributed by atoms with Crippen molar-refractivity contribution in [1.82, 2.24) is 5.32 Å². The van der Waals surface area contributed by atoms with Gasteiger partial charge in [-0.2, -0.15) is 0 Å². The van der Waals surface area contributed by atoms with Gasteiger partial charge < -0.3 is 11.1 Å². The normalized spacial score (nSPS) is 16.6. The monoisotopic (exact) mass is 455 g/mol. The van der Waals surface area contributed by atoms with Gasteiger partial charge >= 0.3 is 0 Å². The Morgan fingerprint density at radius 2 is 2.05 bits per heavy atom. The van der Waals surface area contributed by atoms with Crippen LogP contribution in [0.3, 0.4) is 0 Å². The number of halogens is 3. The van der Waals surface area contributed by atoms with Crippen LogP contribution in [0.15, 0.2) is 27.7 Å². The Labute approximate surface area is 144 Å². The number of nitrogens with one attached hydrogen (secondary N) is 1. The fourth-order valence-electron chi connectivity index (χ4n) is 2.32. The van der Waals surface area contributed by atoms with E-state index in [1.54, 1.807) is 6.07 Å². The van der Waals surface area contributed by atoms with E-state index in [0.717, 1.165) is 18.4 Å². The van der Waals surface area contributed by atoms with Gasteiger partial charge in [0.1, 0.15) is 5.82 Å². The number of benzene rings is 1. The largest absolute Gasteiger partial charge is 0.370 e. The Morgan fingerprint density at radius 3 is 2.70 bits per heavy atom. The van der Waals surface area contributed by atoms with E-state index in [1.165, 1.54) is 25.3 Å². The van der Waals surface area contributed by atoms with Crippen molar-refractivity contribution in [2.45, 2.75) is 44.7 Å². The van der Waals surface area contributed by atoms with E-state index in [2.05, 4.69) is 26.2 Å². The molecule has 0 amide bonds. The molecule has 0 aliphatic heterocycles. The number of guanidine groups is 1. The van der Waals surface area contributed by atoms with E-state index in [9.17, 15) is 4.39 Å². The molecule has 0 aromatic heterocycles. The van der Waals surface area contributed by atoms with Crippen molar-refractivity contribution in [3.05, 3.63) is 34.1 Å². The van der Waals surface area contributed by atoms with Crippen LogP contribution in [0.4, 0.5) is 4.39 Å². The van der Waals surface area contributed by atoms with Gasteiger partial charge in [-0.1, -0.05) is 25.3 Å². The van der Waals surface area contributed by atoms with E-state index in [-0.39, 0.29) is 29.8 Å². The van der Waals surface area contributed by atoms with Gasteiger partial charge in [0.25, 0.3) is 0 Å². The lowest BCUT2D eigenvalue weighted by molar-refractivity contribution is 0.412. The second kappa shape index (κ2) is 8.81. The van der Waals surface area contributed by atoms with Gasteiger partial charge in [-0.3, -0.25) is 0 Å². The molecule has 1 aromatic carbocycles. The summed E-state index contributed by atoms with van der Waals surface area (Å²) in [6, 6.07) is 5.44. The second-order valence-corrected chi connectivity index (χ2v) is 5.78. The minimum Gasteiger partial charge on any atom is -0.370 e. The van der Waals surface area contributed by atoms with Crippen LogP contribution in [-0.4, -0.2) is 12.0 Å². The second-order valence-electron chi connectivity index (χ2n) is 4.93. The summed E-state index contributed by atoms with van der Waals surface area (Å²) in [7, 11) is 0. The van der Waals surface area contributed by atoms with Gasteiger partial charge in [-0.15, -0.1) is 24.0 Å². The maximum atomic E-state index is 13.3. The van der Waals surface area contributed by atoms with Crippen molar-refractivity contribution >= 4 is 45.9 Å². The standard InChI is InChI=1S/C14H19BrFN3.HI/c15-12-7-6-10(8-13(12)16)9-18-14(17)19-11-4-2-1-3-5-11;/h6-8,11H,1-5,9H2,(H3,17,18,19);1H. The third-order valence-electron chi connectivity index (χ3n) is 3.37. The lowest BCUT2D eigenvalue weighted by Gasteiger charge is -2.23. The van der Waals surface area contributed by atoms with Crippen molar-refractivity contribution < 1.29 is 4.39 Å². The fourth-order valence-corrected chi connectivity index (χ4v) is 2.56. The fraction of sp³-hybridized carbons (Fsp3) is 0.500.